The minimum absolute atomic E-state index is 0.0489. The van der Waals surface area contributed by atoms with E-state index in [2.05, 4.69) is 55.3 Å². The normalized spacial score (nSPS) is 14.3. The molecule has 0 spiro atoms. The number of rotatable bonds is 12. The molecule has 2 aromatic rings. The molecule has 6 N–H and O–H groups in total. The van der Waals surface area contributed by atoms with Crippen molar-refractivity contribution < 1.29 is 9.53 Å². The van der Waals surface area contributed by atoms with E-state index in [1.165, 1.54) is 7.11 Å². The molecule has 1 aliphatic heterocycles. The molecule has 1 saturated heterocycles. The molecule has 0 unspecified atom stereocenters. The Balaban J connectivity index is 1.64. The lowest BCUT2D eigenvalue weighted by atomic mass is 10.1. The molecule has 3 rings (SSSR count). The zero-order valence-electron chi connectivity index (χ0n) is 22.0. The molecule has 37 heavy (non-hydrogen) atoms. The van der Waals surface area contributed by atoms with Crippen molar-refractivity contribution in [1.29, 1.82) is 5.41 Å². The van der Waals surface area contributed by atoms with Crippen LogP contribution in [-0.2, 0) is 9.53 Å². The first-order valence-corrected chi connectivity index (χ1v) is 12.9. The van der Waals surface area contributed by atoms with Gasteiger partial charge in [-0.15, -0.1) is 0 Å². The van der Waals surface area contributed by atoms with E-state index in [0.717, 1.165) is 62.3 Å². The minimum Gasteiger partial charge on any atom is -0.481 e. The second kappa shape index (κ2) is 14.7. The largest absolute Gasteiger partial charge is 0.481 e. The molecule has 0 saturated carbocycles. The van der Waals surface area contributed by atoms with Gasteiger partial charge in [0.05, 0.1) is 30.5 Å². The third kappa shape index (κ3) is 8.36. The summed E-state index contributed by atoms with van der Waals surface area (Å²) >= 11 is 0. The lowest BCUT2D eigenvalue weighted by Gasteiger charge is -2.14. The Morgan fingerprint density at radius 3 is 2.86 bits per heavy atom. The fourth-order valence-corrected chi connectivity index (χ4v) is 3.88. The SMILES string of the molecule is CCCNc1nc(Nc2ccc(NCC)c(C(=N)OC)c2)ncc1C#CCCCNC(=O)[C@@H]1CCCN1. The average molecular weight is 507 g/mol. The summed E-state index contributed by atoms with van der Waals surface area (Å²) in [6.45, 7) is 7.12. The van der Waals surface area contributed by atoms with Crippen LogP contribution in [0.15, 0.2) is 24.4 Å². The van der Waals surface area contributed by atoms with Crippen molar-refractivity contribution in [3.05, 3.63) is 35.5 Å². The van der Waals surface area contributed by atoms with Crippen molar-refractivity contribution in [2.45, 2.75) is 52.0 Å². The number of unbranched alkanes of at least 4 members (excludes halogenated alkanes) is 1. The first kappa shape index (κ1) is 27.7. The standard InChI is InChI=1S/C27H38N8O2/c1-4-14-31-25-19(10-7-6-8-15-32-26(36)23-11-9-16-30-23)18-33-27(35-25)34-20-12-13-22(29-5-2)21(17-20)24(28)37-3/h12-13,17-18,23,28-30H,4-6,8-9,11,14-16H2,1-3H3,(H,32,36)(H2,31,33,34,35)/t23-/m0/s1. The van der Waals surface area contributed by atoms with E-state index in [1.54, 1.807) is 6.20 Å². The maximum atomic E-state index is 12.1. The molecule has 10 nitrogen and oxygen atoms in total. The first-order valence-electron chi connectivity index (χ1n) is 12.9. The predicted octanol–water partition coefficient (Wildman–Crippen LogP) is 3.45. The molecule has 1 atom stereocenters. The highest BCUT2D eigenvalue weighted by molar-refractivity contribution is 5.98. The number of nitrogens with one attached hydrogen (secondary N) is 6. The molecular formula is C27H38N8O2. The number of aromatic nitrogens is 2. The second-order valence-corrected chi connectivity index (χ2v) is 8.68. The molecule has 0 radical (unpaired) electrons. The van der Waals surface area contributed by atoms with Crippen molar-refractivity contribution in [2.75, 3.05) is 49.2 Å². The number of hydrogen-bond donors (Lipinski definition) is 6. The molecule has 10 heteroatoms. The third-order valence-corrected chi connectivity index (χ3v) is 5.80. The maximum Gasteiger partial charge on any atom is 0.237 e. The number of carbonyl (C=O) groups excluding carboxylic acids is 1. The summed E-state index contributed by atoms with van der Waals surface area (Å²) in [7, 11) is 1.48. The van der Waals surface area contributed by atoms with Gasteiger partial charge in [0.1, 0.15) is 5.82 Å². The quantitative estimate of drug-likeness (QED) is 0.112. The van der Waals surface area contributed by atoms with Gasteiger partial charge in [0.25, 0.3) is 0 Å². The molecule has 198 valence electrons. The third-order valence-electron chi connectivity index (χ3n) is 5.80. The van der Waals surface area contributed by atoms with E-state index in [0.29, 0.717) is 30.3 Å². The number of amides is 1. The predicted molar refractivity (Wildman–Crippen MR) is 149 cm³/mol. The second-order valence-electron chi connectivity index (χ2n) is 8.68. The van der Waals surface area contributed by atoms with Crippen LogP contribution in [0.2, 0.25) is 0 Å². The fourth-order valence-electron chi connectivity index (χ4n) is 3.88. The van der Waals surface area contributed by atoms with Gasteiger partial charge in [-0.3, -0.25) is 10.2 Å². The Labute approximate surface area is 219 Å². The van der Waals surface area contributed by atoms with Crippen molar-refractivity contribution in [2.24, 2.45) is 0 Å². The van der Waals surface area contributed by atoms with Gasteiger partial charge in [-0.1, -0.05) is 18.8 Å². The van der Waals surface area contributed by atoms with Crippen LogP contribution in [0.4, 0.5) is 23.1 Å². The fraction of sp³-hybridized carbons (Fsp3) is 0.481. The number of methoxy groups -OCH3 is 1. The van der Waals surface area contributed by atoms with Gasteiger partial charge in [0.2, 0.25) is 17.8 Å². The van der Waals surface area contributed by atoms with E-state index < -0.39 is 0 Å². The summed E-state index contributed by atoms with van der Waals surface area (Å²) in [6.07, 6.45) is 6.06. The molecule has 0 aliphatic carbocycles. The Morgan fingerprint density at radius 2 is 2.14 bits per heavy atom. The zero-order valence-corrected chi connectivity index (χ0v) is 22.0. The topological polar surface area (TPSA) is 136 Å². The number of anilines is 4. The molecular weight excluding hydrogens is 468 g/mol. The monoisotopic (exact) mass is 506 g/mol. The summed E-state index contributed by atoms with van der Waals surface area (Å²) in [6, 6.07) is 5.59. The number of benzene rings is 1. The smallest absolute Gasteiger partial charge is 0.237 e. The lowest BCUT2D eigenvalue weighted by Crippen LogP contribution is -2.40. The van der Waals surface area contributed by atoms with Crippen molar-refractivity contribution in [1.82, 2.24) is 20.6 Å². The summed E-state index contributed by atoms with van der Waals surface area (Å²) in [5, 5.41) is 24.1. The Bertz CT molecular complexity index is 1120. The van der Waals surface area contributed by atoms with Gasteiger partial charge >= 0.3 is 0 Å². The summed E-state index contributed by atoms with van der Waals surface area (Å²) in [4.78, 5) is 21.2. The van der Waals surface area contributed by atoms with Gasteiger partial charge in [0.15, 0.2) is 0 Å². The Kier molecular flexibility index (Phi) is 11.0. The van der Waals surface area contributed by atoms with Crippen LogP contribution in [0.1, 0.15) is 57.1 Å². The van der Waals surface area contributed by atoms with Gasteiger partial charge in [-0.25, -0.2) is 4.98 Å². The van der Waals surface area contributed by atoms with Crippen LogP contribution in [0.5, 0.6) is 0 Å². The van der Waals surface area contributed by atoms with Crippen molar-refractivity contribution in [3.63, 3.8) is 0 Å². The first-order chi connectivity index (χ1) is 18.0. The molecule has 1 aromatic heterocycles. The van der Waals surface area contributed by atoms with Crippen LogP contribution >= 0.6 is 0 Å². The van der Waals surface area contributed by atoms with Gasteiger partial charge in [-0.05, 0) is 57.4 Å². The van der Waals surface area contributed by atoms with Crippen LogP contribution in [0, 0.1) is 17.3 Å². The van der Waals surface area contributed by atoms with E-state index in [4.69, 9.17) is 10.1 Å². The van der Waals surface area contributed by atoms with Crippen LogP contribution in [0.25, 0.3) is 0 Å². The molecule has 1 amide bonds. The van der Waals surface area contributed by atoms with Gasteiger partial charge in [-0.2, -0.15) is 4.98 Å². The van der Waals surface area contributed by atoms with E-state index in [1.807, 2.05) is 25.1 Å². The maximum absolute atomic E-state index is 12.1. The zero-order chi connectivity index (χ0) is 26.5. The van der Waals surface area contributed by atoms with Crippen molar-refractivity contribution in [3.8, 4) is 11.8 Å². The number of hydrogen-bond acceptors (Lipinski definition) is 9. The van der Waals surface area contributed by atoms with Crippen LogP contribution in [0.3, 0.4) is 0 Å². The van der Waals surface area contributed by atoms with Crippen LogP contribution in [-0.4, -0.2) is 61.1 Å². The number of carbonyl (C=O) groups is 1. The summed E-state index contributed by atoms with van der Waals surface area (Å²) in [5.74, 6) is 7.59. The van der Waals surface area contributed by atoms with Crippen molar-refractivity contribution >= 4 is 34.9 Å². The number of ether oxygens (including phenoxy) is 1. The van der Waals surface area contributed by atoms with E-state index in [-0.39, 0.29) is 17.8 Å². The van der Waals surface area contributed by atoms with E-state index in [9.17, 15) is 4.79 Å². The summed E-state index contributed by atoms with van der Waals surface area (Å²) < 4.78 is 5.14. The Hall–Kier alpha value is -3.84. The van der Waals surface area contributed by atoms with Gasteiger partial charge < -0.3 is 31.3 Å². The van der Waals surface area contributed by atoms with Crippen LogP contribution < -0.4 is 26.6 Å². The molecule has 1 fully saturated rings. The molecule has 2 heterocycles. The lowest BCUT2D eigenvalue weighted by molar-refractivity contribution is -0.122. The Morgan fingerprint density at radius 1 is 1.27 bits per heavy atom. The highest BCUT2D eigenvalue weighted by atomic mass is 16.5. The highest BCUT2D eigenvalue weighted by Crippen LogP contribution is 2.24. The van der Waals surface area contributed by atoms with Gasteiger partial charge in [0, 0.05) is 37.4 Å². The van der Waals surface area contributed by atoms with E-state index >= 15 is 0 Å². The molecule has 1 aliphatic rings. The minimum atomic E-state index is -0.0489. The number of nitrogens with zero attached hydrogens (tertiary/aromatic N) is 2. The summed E-state index contributed by atoms with van der Waals surface area (Å²) in [5.41, 5.74) is 2.94. The average Bonchev–Trinajstić information content (AvgIpc) is 3.46. The molecule has 1 aromatic carbocycles. The highest BCUT2D eigenvalue weighted by Gasteiger charge is 2.21. The molecule has 0 bridgehead atoms.